The third-order valence-corrected chi connectivity index (χ3v) is 6.73. The second kappa shape index (κ2) is 8.28. The van der Waals surface area contributed by atoms with Gasteiger partial charge in [-0.3, -0.25) is 4.79 Å². The van der Waals surface area contributed by atoms with E-state index >= 15 is 0 Å². The van der Waals surface area contributed by atoms with Crippen molar-refractivity contribution in [3.63, 3.8) is 0 Å². The molecule has 3 rings (SSSR count). The summed E-state index contributed by atoms with van der Waals surface area (Å²) in [5.41, 5.74) is 3.53. The molecular formula is C21H24BrN3O3S. The van der Waals surface area contributed by atoms with Crippen LogP contribution in [0, 0.1) is 6.92 Å². The highest BCUT2D eigenvalue weighted by Gasteiger charge is 2.29. The van der Waals surface area contributed by atoms with Gasteiger partial charge < -0.3 is 10.2 Å². The number of amidine groups is 1. The van der Waals surface area contributed by atoms with E-state index in [0.29, 0.717) is 18.1 Å². The Morgan fingerprint density at radius 3 is 2.55 bits per heavy atom. The lowest BCUT2D eigenvalue weighted by Gasteiger charge is -2.29. The Kier molecular flexibility index (Phi) is 6.14. The van der Waals surface area contributed by atoms with Crippen LogP contribution in [0.25, 0.3) is 0 Å². The molecule has 2 aromatic rings. The maximum atomic E-state index is 12.9. The molecule has 0 bridgehead atoms. The molecule has 0 saturated heterocycles. The number of fused-ring (bicyclic) bond motifs is 1. The minimum Gasteiger partial charge on any atom is -0.328 e. The number of nitrogens with one attached hydrogen (secondary N) is 1. The van der Waals surface area contributed by atoms with Crippen LogP contribution in [0.15, 0.2) is 44.1 Å². The fraction of sp³-hybridized carbons (Fsp3) is 0.333. The smallest absolute Gasteiger partial charge is 0.286 e. The van der Waals surface area contributed by atoms with Crippen LogP contribution in [-0.4, -0.2) is 26.7 Å². The lowest BCUT2D eigenvalue weighted by Crippen LogP contribution is -2.34. The van der Waals surface area contributed by atoms with Crippen LogP contribution < -0.4 is 10.2 Å². The van der Waals surface area contributed by atoms with Crippen LogP contribution in [-0.2, 0) is 16.4 Å². The molecule has 1 aliphatic heterocycles. The van der Waals surface area contributed by atoms with Gasteiger partial charge in [-0.25, -0.2) is 0 Å². The molecule has 1 amide bonds. The minimum absolute atomic E-state index is 0.0624. The van der Waals surface area contributed by atoms with Crippen molar-refractivity contribution >= 4 is 49.1 Å². The standard InChI is InChI=1S/C21H24BrN3O3S/c1-5-9-25-14(4)24-29(27,28)19-12-16(7-8-18(19)25)21(26)23-20-13(3)10-17(22)11-15(20)6-2/h7-8,10-12H,5-6,9H2,1-4H3,(H,23,26). The average molecular weight is 478 g/mol. The van der Waals surface area contributed by atoms with Gasteiger partial charge in [0.25, 0.3) is 15.9 Å². The summed E-state index contributed by atoms with van der Waals surface area (Å²) in [4.78, 5) is 14.9. The molecule has 0 saturated carbocycles. The van der Waals surface area contributed by atoms with E-state index < -0.39 is 10.0 Å². The van der Waals surface area contributed by atoms with Crippen LogP contribution in [0.3, 0.4) is 0 Å². The first-order valence-electron chi connectivity index (χ1n) is 9.51. The van der Waals surface area contributed by atoms with Crippen molar-refractivity contribution in [2.24, 2.45) is 4.40 Å². The van der Waals surface area contributed by atoms with Gasteiger partial charge in [0, 0.05) is 22.3 Å². The third kappa shape index (κ3) is 4.23. The molecule has 0 atom stereocenters. The van der Waals surface area contributed by atoms with E-state index in [9.17, 15) is 13.2 Å². The Morgan fingerprint density at radius 1 is 1.17 bits per heavy atom. The van der Waals surface area contributed by atoms with Crippen molar-refractivity contribution in [3.05, 3.63) is 51.5 Å². The quantitative estimate of drug-likeness (QED) is 0.663. The van der Waals surface area contributed by atoms with Gasteiger partial charge in [-0.05, 0) is 68.1 Å². The third-order valence-electron chi connectivity index (χ3n) is 4.88. The van der Waals surface area contributed by atoms with Gasteiger partial charge in [0.2, 0.25) is 0 Å². The number of hydrogen-bond donors (Lipinski definition) is 1. The zero-order chi connectivity index (χ0) is 21.3. The van der Waals surface area contributed by atoms with E-state index in [1.807, 2.05) is 37.8 Å². The number of sulfonamides is 1. The molecule has 1 aliphatic rings. The molecule has 0 radical (unpaired) electrons. The van der Waals surface area contributed by atoms with Crippen LogP contribution in [0.4, 0.5) is 11.4 Å². The summed E-state index contributed by atoms with van der Waals surface area (Å²) in [7, 11) is -3.84. The fourth-order valence-corrected chi connectivity index (χ4v) is 5.38. The predicted molar refractivity (Wildman–Crippen MR) is 121 cm³/mol. The molecule has 29 heavy (non-hydrogen) atoms. The van der Waals surface area contributed by atoms with Gasteiger partial charge in [0.1, 0.15) is 10.7 Å². The molecule has 1 N–H and O–H groups in total. The summed E-state index contributed by atoms with van der Waals surface area (Å²) >= 11 is 3.48. The number of amides is 1. The van der Waals surface area contributed by atoms with Crippen molar-refractivity contribution in [2.45, 2.75) is 45.4 Å². The highest BCUT2D eigenvalue weighted by Crippen LogP contribution is 2.33. The van der Waals surface area contributed by atoms with Crippen molar-refractivity contribution in [1.29, 1.82) is 0 Å². The number of aryl methyl sites for hydroxylation is 2. The molecule has 0 spiro atoms. The minimum atomic E-state index is -3.84. The van der Waals surface area contributed by atoms with E-state index in [1.54, 1.807) is 19.1 Å². The molecule has 0 unspecified atom stereocenters. The van der Waals surface area contributed by atoms with Crippen molar-refractivity contribution < 1.29 is 13.2 Å². The Bertz CT molecular complexity index is 1110. The molecule has 0 fully saturated rings. The van der Waals surface area contributed by atoms with Crippen LogP contribution in [0.5, 0.6) is 0 Å². The van der Waals surface area contributed by atoms with Crippen LogP contribution in [0.1, 0.15) is 48.7 Å². The second-order valence-corrected chi connectivity index (χ2v) is 9.50. The number of carbonyl (C=O) groups is 1. The lowest BCUT2D eigenvalue weighted by atomic mass is 10.1. The number of hydrogen-bond acceptors (Lipinski definition) is 4. The molecule has 0 aliphatic carbocycles. The Morgan fingerprint density at radius 2 is 1.90 bits per heavy atom. The first-order chi connectivity index (χ1) is 13.7. The maximum Gasteiger partial charge on any atom is 0.286 e. The number of rotatable bonds is 5. The first kappa shape index (κ1) is 21.5. The predicted octanol–water partition coefficient (Wildman–Crippen LogP) is 4.91. The summed E-state index contributed by atoms with van der Waals surface area (Å²) in [6.45, 7) is 8.30. The Labute approximate surface area is 180 Å². The van der Waals surface area contributed by atoms with E-state index in [0.717, 1.165) is 34.1 Å². The van der Waals surface area contributed by atoms with Gasteiger partial charge in [0.05, 0.1) is 5.69 Å². The lowest BCUT2D eigenvalue weighted by molar-refractivity contribution is 0.102. The zero-order valence-electron chi connectivity index (χ0n) is 16.9. The summed E-state index contributed by atoms with van der Waals surface area (Å²) in [5.74, 6) is 0.0889. The van der Waals surface area contributed by atoms with E-state index in [1.165, 1.54) is 6.07 Å². The van der Waals surface area contributed by atoms with Gasteiger partial charge in [-0.2, -0.15) is 8.42 Å². The number of anilines is 2. The molecule has 0 aromatic heterocycles. The highest BCUT2D eigenvalue weighted by molar-refractivity contribution is 9.10. The molecular weight excluding hydrogens is 454 g/mol. The average Bonchev–Trinajstić information content (AvgIpc) is 2.66. The van der Waals surface area contributed by atoms with Crippen molar-refractivity contribution in [1.82, 2.24) is 0 Å². The SMILES string of the molecule is CCCN1C(C)=NS(=O)(=O)c2cc(C(=O)Nc3c(C)cc(Br)cc3CC)ccc21. The maximum absolute atomic E-state index is 12.9. The van der Waals surface area contributed by atoms with E-state index in [-0.39, 0.29) is 16.4 Å². The molecule has 8 heteroatoms. The van der Waals surface area contributed by atoms with Gasteiger partial charge in [-0.1, -0.05) is 29.8 Å². The summed E-state index contributed by atoms with van der Waals surface area (Å²) in [5, 5.41) is 2.95. The summed E-state index contributed by atoms with van der Waals surface area (Å²) in [6.07, 6.45) is 1.60. The monoisotopic (exact) mass is 477 g/mol. The first-order valence-corrected chi connectivity index (χ1v) is 11.7. The largest absolute Gasteiger partial charge is 0.328 e. The summed E-state index contributed by atoms with van der Waals surface area (Å²) < 4.78 is 30.0. The number of halogens is 1. The second-order valence-electron chi connectivity index (χ2n) is 7.01. The highest BCUT2D eigenvalue weighted by atomic mass is 79.9. The molecule has 154 valence electrons. The normalized spacial score (nSPS) is 14.9. The van der Waals surface area contributed by atoms with Crippen LogP contribution >= 0.6 is 15.9 Å². The van der Waals surface area contributed by atoms with Crippen molar-refractivity contribution in [3.8, 4) is 0 Å². The van der Waals surface area contributed by atoms with Gasteiger partial charge in [-0.15, -0.1) is 4.40 Å². The number of benzene rings is 2. The van der Waals surface area contributed by atoms with Crippen molar-refractivity contribution in [2.75, 3.05) is 16.8 Å². The van der Waals surface area contributed by atoms with Gasteiger partial charge >= 0.3 is 0 Å². The zero-order valence-corrected chi connectivity index (χ0v) is 19.3. The Hall–Kier alpha value is -2.19. The van der Waals surface area contributed by atoms with E-state index in [4.69, 9.17) is 0 Å². The molecule has 2 aromatic carbocycles. The van der Waals surface area contributed by atoms with E-state index in [2.05, 4.69) is 25.6 Å². The molecule has 6 nitrogen and oxygen atoms in total. The number of nitrogens with zero attached hydrogens (tertiary/aromatic N) is 2. The van der Waals surface area contributed by atoms with Gasteiger partial charge in [0.15, 0.2) is 0 Å². The van der Waals surface area contributed by atoms with Crippen LogP contribution in [0.2, 0.25) is 0 Å². The summed E-state index contributed by atoms with van der Waals surface area (Å²) in [6, 6.07) is 8.67. The fourth-order valence-electron chi connectivity index (χ4n) is 3.49. The molecule has 1 heterocycles. The Balaban J connectivity index is 2.00. The number of carbonyl (C=O) groups excluding carboxylic acids is 1. The topological polar surface area (TPSA) is 78.8 Å².